The number of hydrogen-bond donors (Lipinski definition) is 1. The van der Waals surface area contributed by atoms with Gasteiger partial charge in [-0.15, -0.1) is 0 Å². The van der Waals surface area contributed by atoms with Crippen LogP contribution in [0.1, 0.15) is 19.3 Å². The lowest BCUT2D eigenvalue weighted by Gasteiger charge is -2.27. The van der Waals surface area contributed by atoms with Crippen LogP contribution in [-0.2, 0) is 0 Å². The maximum atomic E-state index is 13.3. The summed E-state index contributed by atoms with van der Waals surface area (Å²) in [6.07, 6.45) is 3.50. The highest BCUT2D eigenvalue weighted by Gasteiger charge is 2.11. The highest BCUT2D eigenvalue weighted by Crippen LogP contribution is 2.17. The maximum Gasteiger partial charge on any atom is 0.191 e. The van der Waals surface area contributed by atoms with Gasteiger partial charge in [-0.25, -0.2) is 13.8 Å². The number of ether oxygens (including phenoxy) is 1. The molecule has 20 heavy (non-hydrogen) atoms. The lowest BCUT2D eigenvalue weighted by molar-refractivity contribution is 0.306. The number of benzene rings is 1. The number of likely N-dealkylation sites (tertiary alicyclic amines) is 1. The number of rotatable bonds is 4. The van der Waals surface area contributed by atoms with Crippen LogP contribution in [-0.4, -0.2) is 37.1 Å². The molecule has 6 heteroatoms. The summed E-state index contributed by atoms with van der Waals surface area (Å²) in [6.45, 7) is 2.42. The van der Waals surface area contributed by atoms with Crippen LogP contribution in [0.15, 0.2) is 23.2 Å². The molecule has 2 N–H and O–H groups in total. The third-order valence-corrected chi connectivity index (χ3v) is 3.20. The Kier molecular flexibility index (Phi) is 5.15. The SMILES string of the molecule is NC(=NCCOc1ccc(F)cc1F)N1CCCCC1. The quantitative estimate of drug-likeness (QED) is 0.523. The van der Waals surface area contributed by atoms with Crippen molar-refractivity contribution < 1.29 is 13.5 Å². The molecule has 1 aromatic carbocycles. The van der Waals surface area contributed by atoms with Gasteiger partial charge in [0.25, 0.3) is 0 Å². The number of hydrogen-bond acceptors (Lipinski definition) is 2. The van der Waals surface area contributed by atoms with Crippen LogP contribution in [0.25, 0.3) is 0 Å². The second-order valence-corrected chi connectivity index (χ2v) is 4.71. The molecule has 1 saturated heterocycles. The molecular formula is C14H19F2N3O. The molecule has 0 radical (unpaired) electrons. The summed E-state index contributed by atoms with van der Waals surface area (Å²) in [5.41, 5.74) is 5.87. The molecule has 4 nitrogen and oxygen atoms in total. The number of nitrogens with two attached hydrogens (primary N) is 1. The number of aliphatic imine (C=N–C) groups is 1. The average Bonchev–Trinajstić information content (AvgIpc) is 2.46. The standard InChI is InChI=1S/C14H19F2N3O/c15-11-4-5-13(12(16)10-11)20-9-6-18-14(17)19-7-2-1-3-8-19/h4-5,10H,1-3,6-9H2,(H2,17,18). The Bertz CT molecular complexity index is 473. The van der Waals surface area contributed by atoms with E-state index in [4.69, 9.17) is 10.5 Å². The predicted octanol–water partition coefficient (Wildman–Crippen LogP) is 2.14. The lowest BCUT2D eigenvalue weighted by Crippen LogP contribution is -2.41. The molecule has 1 heterocycles. The van der Waals surface area contributed by atoms with Crippen LogP contribution in [0.3, 0.4) is 0 Å². The first-order chi connectivity index (χ1) is 9.66. The smallest absolute Gasteiger partial charge is 0.191 e. The summed E-state index contributed by atoms with van der Waals surface area (Å²) in [5.74, 6) is -0.800. The van der Waals surface area contributed by atoms with Gasteiger partial charge in [-0.3, -0.25) is 0 Å². The van der Waals surface area contributed by atoms with Crippen molar-refractivity contribution in [2.24, 2.45) is 10.7 Å². The molecule has 0 atom stereocenters. The molecule has 0 amide bonds. The highest BCUT2D eigenvalue weighted by atomic mass is 19.1. The molecule has 110 valence electrons. The fourth-order valence-corrected chi connectivity index (χ4v) is 2.13. The van der Waals surface area contributed by atoms with Crippen LogP contribution in [0.5, 0.6) is 5.75 Å². The first kappa shape index (κ1) is 14.6. The summed E-state index contributed by atoms with van der Waals surface area (Å²) in [6, 6.07) is 3.22. The fourth-order valence-electron chi connectivity index (χ4n) is 2.13. The van der Waals surface area contributed by atoms with E-state index < -0.39 is 11.6 Å². The number of guanidine groups is 1. The van der Waals surface area contributed by atoms with E-state index in [9.17, 15) is 8.78 Å². The molecule has 1 aliphatic heterocycles. The van der Waals surface area contributed by atoms with Gasteiger partial charge in [0, 0.05) is 19.2 Å². The average molecular weight is 283 g/mol. The van der Waals surface area contributed by atoms with E-state index >= 15 is 0 Å². The molecule has 0 spiro atoms. The Morgan fingerprint density at radius 3 is 2.70 bits per heavy atom. The second kappa shape index (κ2) is 7.07. The van der Waals surface area contributed by atoms with Crippen molar-refractivity contribution in [2.45, 2.75) is 19.3 Å². The van der Waals surface area contributed by atoms with Crippen LogP contribution in [0, 0.1) is 11.6 Å². The van der Waals surface area contributed by atoms with E-state index in [-0.39, 0.29) is 12.4 Å². The Hall–Kier alpha value is -1.85. The van der Waals surface area contributed by atoms with Gasteiger partial charge in [0.15, 0.2) is 17.5 Å². The summed E-state index contributed by atoms with van der Waals surface area (Å²) in [7, 11) is 0. The van der Waals surface area contributed by atoms with Crippen molar-refractivity contribution in [1.29, 1.82) is 0 Å². The summed E-state index contributed by atoms with van der Waals surface area (Å²) >= 11 is 0. The van der Waals surface area contributed by atoms with Crippen molar-refractivity contribution in [2.75, 3.05) is 26.2 Å². The topological polar surface area (TPSA) is 50.9 Å². The van der Waals surface area contributed by atoms with Gasteiger partial charge >= 0.3 is 0 Å². The van der Waals surface area contributed by atoms with E-state index in [0.29, 0.717) is 12.5 Å². The summed E-state index contributed by atoms with van der Waals surface area (Å²) in [4.78, 5) is 6.25. The first-order valence-electron chi connectivity index (χ1n) is 6.79. The number of nitrogens with zero attached hydrogens (tertiary/aromatic N) is 2. The Labute approximate surface area is 117 Å². The molecule has 1 fully saturated rings. The van der Waals surface area contributed by atoms with Gasteiger partial charge in [0.1, 0.15) is 12.4 Å². The van der Waals surface area contributed by atoms with Gasteiger partial charge in [-0.1, -0.05) is 0 Å². The molecule has 1 aliphatic rings. The molecule has 0 bridgehead atoms. The van der Waals surface area contributed by atoms with E-state index in [0.717, 1.165) is 38.1 Å². The zero-order valence-electron chi connectivity index (χ0n) is 11.3. The number of halogens is 2. The second-order valence-electron chi connectivity index (χ2n) is 4.71. The van der Waals surface area contributed by atoms with Gasteiger partial charge in [-0.2, -0.15) is 0 Å². The molecule has 0 aromatic heterocycles. The van der Waals surface area contributed by atoms with Crippen molar-refractivity contribution in [3.63, 3.8) is 0 Å². The largest absolute Gasteiger partial charge is 0.489 e. The molecule has 2 rings (SSSR count). The lowest BCUT2D eigenvalue weighted by atomic mass is 10.1. The van der Waals surface area contributed by atoms with Crippen molar-refractivity contribution in [3.8, 4) is 5.75 Å². The van der Waals surface area contributed by atoms with Crippen LogP contribution >= 0.6 is 0 Å². The third kappa shape index (κ3) is 4.08. The van der Waals surface area contributed by atoms with Crippen molar-refractivity contribution in [3.05, 3.63) is 29.8 Å². The Morgan fingerprint density at radius 1 is 1.25 bits per heavy atom. The van der Waals surface area contributed by atoms with Gasteiger partial charge in [-0.05, 0) is 31.4 Å². The normalized spacial score (nSPS) is 16.3. The molecule has 0 saturated carbocycles. The number of piperidine rings is 1. The van der Waals surface area contributed by atoms with E-state index in [1.165, 1.54) is 12.5 Å². The molecule has 1 aromatic rings. The summed E-state index contributed by atoms with van der Waals surface area (Å²) in [5, 5.41) is 0. The van der Waals surface area contributed by atoms with Crippen LogP contribution < -0.4 is 10.5 Å². The first-order valence-corrected chi connectivity index (χ1v) is 6.79. The maximum absolute atomic E-state index is 13.3. The third-order valence-electron chi connectivity index (χ3n) is 3.20. The minimum atomic E-state index is -0.710. The zero-order valence-corrected chi connectivity index (χ0v) is 11.3. The van der Waals surface area contributed by atoms with E-state index in [2.05, 4.69) is 4.99 Å². The minimum absolute atomic E-state index is 0.0261. The fraction of sp³-hybridized carbons (Fsp3) is 0.500. The zero-order chi connectivity index (χ0) is 14.4. The van der Waals surface area contributed by atoms with Crippen molar-refractivity contribution in [1.82, 2.24) is 4.90 Å². The monoisotopic (exact) mass is 283 g/mol. The van der Waals surface area contributed by atoms with E-state index in [1.807, 2.05) is 4.90 Å². The van der Waals surface area contributed by atoms with Gasteiger partial charge in [0.2, 0.25) is 0 Å². The Balaban J connectivity index is 1.77. The molecular weight excluding hydrogens is 264 g/mol. The van der Waals surface area contributed by atoms with Crippen LogP contribution in [0.2, 0.25) is 0 Å². The minimum Gasteiger partial charge on any atom is -0.489 e. The summed E-state index contributed by atoms with van der Waals surface area (Å²) < 4.78 is 31.2. The highest BCUT2D eigenvalue weighted by molar-refractivity contribution is 5.78. The van der Waals surface area contributed by atoms with Gasteiger partial charge < -0.3 is 15.4 Å². The molecule has 0 unspecified atom stereocenters. The molecule has 0 aliphatic carbocycles. The van der Waals surface area contributed by atoms with E-state index in [1.54, 1.807) is 0 Å². The Morgan fingerprint density at radius 2 is 2.00 bits per heavy atom. The van der Waals surface area contributed by atoms with Crippen molar-refractivity contribution >= 4 is 5.96 Å². The predicted molar refractivity (Wildman–Crippen MR) is 73.8 cm³/mol. The van der Waals surface area contributed by atoms with Gasteiger partial charge in [0.05, 0.1) is 6.54 Å². The van der Waals surface area contributed by atoms with Crippen LogP contribution in [0.4, 0.5) is 8.78 Å².